The van der Waals surface area contributed by atoms with Crippen LogP contribution in [0.4, 0.5) is 5.69 Å². The summed E-state index contributed by atoms with van der Waals surface area (Å²) >= 11 is 3.21. The molecule has 0 spiro atoms. The van der Waals surface area contributed by atoms with Gasteiger partial charge in [0.25, 0.3) is 5.69 Å². The van der Waals surface area contributed by atoms with Crippen LogP contribution in [-0.2, 0) is 6.54 Å². The molecule has 0 aliphatic heterocycles. The van der Waals surface area contributed by atoms with Crippen LogP contribution in [0.25, 0.3) is 0 Å². The summed E-state index contributed by atoms with van der Waals surface area (Å²) in [6, 6.07) is 7.12. The number of hydrogen-bond donors (Lipinski definition) is 1. The van der Waals surface area contributed by atoms with Crippen LogP contribution in [0.5, 0.6) is 0 Å². The summed E-state index contributed by atoms with van der Waals surface area (Å²) in [7, 11) is 0. The molecule has 0 saturated heterocycles. The molecule has 1 rings (SSSR count). The first-order valence-electron chi connectivity index (χ1n) is 5.40. The molecular weight excluding hydrogens is 298 g/mol. The van der Waals surface area contributed by atoms with Gasteiger partial charge in [0.05, 0.1) is 16.4 Å². The van der Waals surface area contributed by atoms with E-state index in [9.17, 15) is 10.1 Å². The average Bonchev–Trinajstić information content (AvgIpc) is 2.30. The van der Waals surface area contributed by atoms with E-state index in [4.69, 9.17) is 5.26 Å². The number of hydrogen-bond acceptors (Lipinski definition) is 4. The molecule has 18 heavy (non-hydrogen) atoms. The molecule has 0 unspecified atom stereocenters. The fourth-order valence-corrected chi connectivity index (χ4v) is 1.75. The Morgan fingerprint density at radius 3 is 2.78 bits per heavy atom. The zero-order chi connectivity index (χ0) is 13.8. The highest BCUT2D eigenvalue weighted by molar-refractivity contribution is 9.10. The highest BCUT2D eigenvalue weighted by Crippen LogP contribution is 2.23. The lowest BCUT2D eigenvalue weighted by Crippen LogP contribution is -2.27. The quantitative estimate of drug-likeness (QED) is 0.669. The summed E-state index contributed by atoms with van der Waals surface area (Å²) in [6.07, 6.45) is 0. The Balaban J connectivity index is 2.74. The van der Waals surface area contributed by atoms with Gasteiger partial charge in [0.1, 0.15) is 0 Å². The third-order valence-corrected chi connectivity index (χ3v) is 2.92. The smallest absolute Gasteiger partial charge is 0.275 e. The van der Waals surface area contributed by atoms with E-state index in [1.165, 1.54) is 6.07 Å². The fraction of sp³-hybridized carbons (Fsp3) is 0.417. The molecule has 5 nitrogen and oxygen atoms in total. The van der Waals surface area contributed by atoms with Crippen molar-refractivity contribution in [2.45, 2.75) is 20.4 Å². The minimum absolute atomic E-state index is 0.0756. The molecule has 0 amide bonds. The minimum atomic E-state index is -0.482. The molecule has 0 aromatic heterocycles. The maximum Gasteiger partial charge on any atom is 0.275 e. The van der Waals surface area contributed by atoms with E-state index in [1.54, 1.807) is 12.1 Å². The molecule has 1 aromatic carbocycles. The lowest BCUT2D eigenvalue weighted by Gasteiger charge is -2.15. The largest absolute Gasteiger partial charge is 0.311 e. The van der Waals surface area contributed by atoms with Crippen molar-refractivity contribution < 1.29 is 4.92 Å². The molecule has 0 aliphatic carbocycles. The van der Waals surface area contributed by atoms with Crippen molar-refractivity contribution in [3.63, 3.8) is 0 Å². The molecular formula is C12H14BrN3O2. The van der Waals surface area contributed by atoms with E-state index in [1.807, 2.05) is 13.8 Å². The van der Waals surface area contributed by atoms with Gasteiger partial charge in [-0.2, -0.15) is 5.26 Å². The molecule has 0 radical (unpaired) electrons. The standard InChI is InChI=1S/C12H14BrN3O2/c1-12(2,7-14)8-15-6-9-3-4-10(13)5-11(9)16(17)18/h3-5,15H,6,8H2,1-2H3. The zero-order valence-corrected chi connectivity index (χ0v) is 11.8. The van der Waals surface area contributed by atoms with Crippen LogP contribution in [0.15, 0.2) is 22.7 Å². The molecule has 0 fully saturated rings. The normalized spacial score (nSPS) is 11.0. The SMILES string of the molecule is CC(C)(C#N)CNCc1ccc(Br)cc1[N+](=O)[O-]. The molecule has 96 valence electrons. The summed E-state index contributed by atoms with van der Waals surface area (Å²) in [5.41, 5.74) is 0.202. The lowest BCUT2D eigenvalue weighted by atomic mass is 9.96. The summed E-state index contributed by atoms with van der Waals surface area (Å²) in [5, 5.41) is 22.8. The van der Waals surface area contributed by atoms with Gasteiger partial charge in [0.15, 0.2) is 0 Å². The van der Waals surface area contributed by atoms with E-state index in [2.05, 4.69) is 27.3 Å². The van der Waals surface area contributed by atoms with Crippen molar-refractivity contribution in [1.29, 1.82) is 5.26 Å². The average molecular weight is 312 g/mol. The first-order chi connectivity index (χ1) is 8.35. The molecule has 6 heteroatoms. The molecule has 0 aliphatic rings. The number of nitriles is 1. The lowest BCUT2D eigenvalue weighted by molar-refractivity contribution is -0.385. The van der Waals surface area contributed by atoms with Gasteiger partial charge in [-0.3, -0.25) is 10.1 Å². The second-order valence-electron chi connectivity index (χ2n) is 4.63. The Hall–Kier alpha value is -1.45. The number of benzene rings is 1. The molecule has 0 atom stereocenters. The number of rotatable bonds is 5. The highest BCUT2D eigenvalue weighted by Gasteiger charge is 2.18. The number of nitrogens with zero attached hydrogens (tertiary/aromatic N) is 2. The van der Waals surface area contributed by atoms with Gasteiger partial charge in [-0.05, 0) is 26.0 Å². The Bertz CT molecular complexity index is 495. The van der Waals surface area contributed by atoms with Gasteiger partial charge in [-0.1, -0.05) is 15.9 Å². The number of halogens is 1. The third-order valence-electron chi connectivity index (χ3n) is 2.43. The predicted octanol–water partition coefficient (Wildman–Crippen LogP) is 3.00. The zero-order valence-electron chi connectivity index (χ0n) is 10.2. The molecule has 0 heterocycles. The van der Waals surface area contributed by atoms with E-state index in [-0.39, 0.29) is 5.69 Å². The van der Waals surface area contributed by atoms with Crippen LogP contribution < -0.4 is 5.32 Å². The predicted molar refractivity (Wildman–Crippen MR) is 71.9 cm³/mol. The number of nitrogens with one attached hydrogen (secondary N) is 1. The van der Waals surface area contributed by atoms with Crippen LogP contribution in [0, 0.1) is 26.9 Å². The van der Waals surface area contributed by atoms with Crippen molar-refractivity contribution in [2.75, 3.05) is 6.54 Å². The van der Waals surface area contributed by atoms with Crippen molar-refractivity contribution in [3.8, 4) is 6.07 Å². The first-order valence-corrected chi connectivity index (χ1v) is 6.20. The van der Waals surface area contributed by atoms with Gasteiger partial charge in [-0.25, -0.2) is 0 Å². The van der Waals surface area contributed by atoms with Crippen LogP contribution in [-0.4, -0.2) is 11.5 Å². The molecule has 1 aromatic rings. The maximum absolute atomic E-state index is 10.9. The van der Waals surface area contributed by atoms with Crippen LogP contribution in [0.2, 0.25) is 0 Å². The first kappa shape index (κ1) is 14.6. The Morgan fingerprint density at radius 2 is 2.22 bits per heavy atom. The minimum Gasteiger partial charge on any atom is -0.311 e. The second kappa shape index (κ2) is 5.94. The molecule has 0 bridgehead atoms. The Morgan fingerprint density at radius 1 is 1.56 bits per heavy atom. The van der Waals surface area contributed by atoms with Crippen molar-refractivity contribution in [3.05, 3.63) is 38.3 Å². The second-order valence-corrected chi connectivity index (χ2v) is 5.55. The van der Waals surface area contributed by atoms with Crippen LogP contribution in [0.3, 0.4) is 0 Å². The third kappa shape index (κ3) is 4.09. The Kier molecular flexibility index (Phi) is 4.82. The van der Waals surface area contributed by atoms with Crippen LogP contribution >= 0.6 is 15.9 Å². The summed E-state index contributed by atoms with van der Waals surface area (Å²) in [5.74, 6) is 0. The van der Waals surface area contributed by atoms with Gasteiger partial charge in [0, 0.05) is 29.2 Å². The summed E-state index contributed by atoms with van der Waals surface area (Å²) in [4.78, 5) is 10.5. The maximum atomic E-state index is 10.9. The van der Waals surface area contributed by atoms with E-state index >= 15 is 0 Å². The van der Waals surface area contributed by atoms with Crippen molar-refractivity contribution in [2.24, 2.45) is 5.41 Å². The topological polar surface area (TPSA) is 79.0 Å². The van der Waals surface area contributed by atoms with Gasteiger partial charge >= 0.3 is 0 Å². The number of nitro groups is 1. The summed E-state index contributed by atoms with van der Waals surface area (Å²) in [6.45, 7) is 4.48. The van der Waals surface area contributed by atoms with Gasteiger partial charge < -0.3 is 5.32 Å². The van der Waals surface area contributed by atoms with E-state index < -0.39 is 10.3 Å². The monoisotopic (exact) mass is 311 g/mol. The van der Waals surface area contributed by atoms with Crippen LogP contribution in [0.1, 0.15) is 19.4 Å². The molecule has 1 N–H and O–H groups in total. The number of nitro benzene ring substituents is 1. The Labute approximate surface area is 114 Å². The highest BCUT2D eigenvalue weighted by atomic mass is 79.9. The molecule has 0 saturated carbocycles. The van der Waals surface area contributed by atoms with Crippen molar-refractivity contribution in [1.82, 2.24) is 5.32 Å². The fourth-order valence-electron chi connectivity index (χ4n) is 1.41. The van der Waals surface area contributed by atoms with E-state index in [0.717, 1.165) is 0 Å². The van der Waals surface area contributed by atoms with Crippen molar-refractivity contribution >= 4 is 21.6 Å². The van der Waals surface area contributed by atoms with E-state index in [0.29, 0.717) is 23.1 Å². The van der Waals surface area contributed by atoms with Gasteiger partial charge in [-0.15, -0.1) is 0 Å². The summed E-state index contributed by atoms with van der Waals surface area (Å²) < 4.78 is 0.676. The van der Waals surface area contributed by atoms with Gasteiger partial charge in [0.2, 0.25) is 0 Å².